The second-order valence-electron chi connectivity index (χ2n) is 6.54. The van der Waals surface area contributed by atoms with Crippen molar-refractivity contribution >= 4 is 35.6 Å². The minimum atomic E-state index is 0. The molecular formula is C21H29IN6O. The Bertz CT molecular complexity index is 940. The number of rotatable bonds is 8. The Kier molecular flexibility index (Phi) is 9.17. The third-order valence-electron chi connectivity index (χ3n) is 4.51. The number of hydrogen-bond donors (Lipinski definition) is 2. The Balaban J connectivity index is 0.00000300. The van der Waals surface area contributed by atoms with Crippen LogP contribution in [-0.4, -0.2) is 47.3 Å². The summed E-state index contributed by atoms with van der Waals surface area (Å²) < 4.78 is 7.40. The minimum absolute atomic E-state index is 0. The van der Waals surface area contributed by atoms with Gasteiger partial charge in [0.2, 0.25) is 0 Å². The van der Waals surface area contributed by atoms with Crippen LogP contribution in [0.15, 0.2) is 47.6 Å². The van der Waals surface area contributed by atoms with Crippen LogP contribution in [0.4, 0.5) is 0 Å². The Morgan fingerprint density at radius 2 is 2.00 bits per heavy atom. The molecule has 0 spiro atoms. The molecular weight excluding hydrogens is 479 g/mol. The van der Waals surface area contributed by atoms with Crippen LogP contribution in [0.25, 0.3) is 5.65 Å². The van der Waals surface area contributed by atoms with Crippen LogP contribution in [0.3, 0.4) is 0 Å². The number of hydrogen-bond acceptors (Lipinski definition) is 4. The van der Waals surface area contributed by atoms with E-state index in [2.05, 4.69) is 57.9 Å². The van der Waals surface area contributed by atoms with Crippen molar-refractivity contribution < 1.29 is 4.74 Å². The molecule has 2 heterocycles. The van der Waals surface area contributed by atoms with Crippen LogP contribution in [-0.2, 0) is 12.8 Å². The van der Waals surface area contributed by atoms with Crippen molar-refractivity contribution in [1.29, 1.82) is 0 Å². The molecule has 0 bridgehead atoms. The number of nitrogens with zero attached hydrogens (tertiary/aromatic N) is 4. The van der Waals surface area contributed by atoms with Gasteiger partial charge in [0.15, 0.2) is 11.6 Å². The standard InChI is InChI=1S/C21H28N6O.HI/c1-4-22-21(23-12-10-17-9-8-16(2)18(15-17)28-3)24-13-11-20-26-25-19-7-5-6-14-27(19)20;/h5-9,14-15H,4,10-13H2,1-3H3,(H2,22,23,24);1H. The van der Waals surface area contributed by atoms with Gasteiger partial charge >= 0.3 is 0 Å². The maximum atomic E-state index is 5.40. The van der Waals surface area contributed by atoms with Gasteiger partial charge in [-0.05, 0) is 49.6 Å². The Hall–Kier alpha value is -2.36. The number of aliphatic imine (C=N–C) groups is 1. The molecule has 0 aliphatic rings. The van der Waals surface area contributed by atoms with Crippen molar-refractivity contribution in [3.8, 4) is 5.75 Å². The van der Waals surface area contributed by atoms with Crippen molar-refractivity contribution in [2.75, 3.05) is 26.7 Å². The predicted molar refractivity (Wildman–Crippen MR) is 128 cm³/mol. The maximum Gasteiger partial charge on any atom is 0.191 e. The van der Waals surface area contributed by atoms with Gasteiger partial charge in [-0.1, -0.05) is 18.2 Å². The van der Waals surface area contributed by atoms with Gasteiger partial charge in [0, 0.05) is 32.3 Å². The summed E-state index contributed by atoms with van der Waals surface area (Å²) in [5, 5.41) is 15.1. The van der Waals surface area contributed by atoms with Crippen LogP contribution >= 0.6 is 24.0 Å². The van der Waals surface area contributed by atoms with Gasteiger partial charge in [0.25, 0.3) is 0 Å². The van der Waals surface area contributed by atoms with E-state index in [1.165, 1.54) is 5.56 Å². The highest BCUT2D eigenvalue weighted by Gasteiger charge is 2.05. The number of aromatic nitrogens is 3. The van der Waals surface area contributed by atoms with Crippen LogP contribution < -0.4 is 15.4 Å². The van der Waals surface area contributed by atoms with Crippen LogP contribution in [0.5, 0.6) is 5.75 Å². The van der Waals surface area contributed by atoms with E-state index in [4.69, 9.17) is 4.74 Å². The number of pyridine rings is 1. The predicted octanol–water partition coefficient (Wildman–Crippen LogP) is 3.00. The molecule has 156 valence electrons. The average molecular weight is 508 g/mol. The molecule has 3 aromatic rings. The van der Waals surface area contributed by atoms with Crippen LogP contribution in [0.1, 0.15) is 23.9 Å². The van der Waals surface area contributed by atoms with Gasteiger partial charge in [-0.2, -0.15) is 0 Å². The summed E-state index contributed by atoms with van der Waals surface area (Å²) in [6, 6.07) is 12.2. The van der Waals surface area contributed by atoms with Gasteiger partial charge in [0.05, 0.1) is 7.11 Å². The first-order valence-electron chi connectivity index (χ1n) is 9.65. The van der Waals surface area contributed by atoms with Crippen molar-refractivity contribution in [1.82, 2.24) is 25.2 Å². The number of guanidine groups is 1. The fourth-order valence-electron chi connectivity index (χ4n) is 3.02. The molecule has 0 aliphatic heterocycles. The highest BCUT2D eigenvalue weighted by molar-refractivity contribution is 14.0. The van der Waals surface area contributed by atoms with E-state index >= 15 is 0 Å². The molecule has 3 rings (SSSR count). The van der Waals surface area contributed by atoms with Crippen LogP contribution in [0, 0.1) is 6.92 Å². The lowest BCUT2D eigenvalue weighted by molar-refractivity contribution is 0.411. The van der Waals surface area contributed by atoms with E-state index in [9.17, 15) is 0 Å². The lowest BCUT2D eigenvalue weighted by Crippen LogP contribution is -2.38. The molecule has 0 radical (unpaired) electrons. The summed E-state index contributed by atoms with van der Waals surface area (Å²) in [7, 11) is 1.71. The molecule has 0 amide bonds. The molecule has 0 unspecified atom stereocenters. The minimum Gasteiger partial charge on any atom is -0.496 e. The van der Waals surface area contributed by atoms with E-state index < -0.39 is 0 Å². The van der Waals surface area contributed by atoms with Crippen molar-refractivity contribution in [2.45, 2.75) is 26.7 Å². The first-order valence-corrected chi connectivity index (χ1v) is 9.65. The average Bonchev–Trinajstić information content (AvgIpc) is 3.12. The zero-order valence-electron chi connectivity index (χ0n) is 17.2. The quantitative estimate of drug-likeness (QED) is 0.278. The summed E-state index contributed by atoms with van der Waals surface area (Å²) in [5.41, 5.74) is 3.25. The summed E-state index contributed by atoms with van der Waals surface area (Å²) in [5.74, 6) is 2.66. The first kappa shape index (κ1) is 22.9. The third-order valence-corrected chi connectivity index (χ3v) is 4.51. The number of aryl methyl sites for hydroxylation is 1. The molecule has 0 saturated carbocycles. The third kappa shape index (κ3) is 6.31. The number of methoxy groups -OCH3 is 1. The maximum absolute atomic E-state index is 5.40. The van der Waals surface area contributed by atoms with Gasteiger partial charge in [-0.15, -0.1) is 34.2 Å². The summed E-state index contributed by atoms with van der Waals surface area (Å²) >= 11 is 0. The lowest BCUT2D eigenvalue weighted by atomic mass is 10.1. The van der Waals surface area contributed by atoms with Crippen molar-refractivity contribution in [2.24, 2.45) is 4.99 Å². The molecule has 0 atom stereocenters. The smallest absolute Gasteiger partial charge is 0.191 e. The zero-order chi connectivity index (χ0) is 19.8. The van der Waals surface area contributed by atoms with Gasteiger partial charge in [-0.25, -0.2) is 0 Å². The molecule has 0 fully saturated rings. The van der Waals surface area contributed by atoms with E-state index in [1.54, 1.807) is 7.11 Å². The highest BCUT2D eigenvalue weighted by atomic mass is 127. The number of halogens is 1. The number of ether oxygens (including phenoxy) is 1. The van der Waals surface area contributed by atoms with E-state index in [1.807, 2.05) is 28.8 Å². The van der Waals surface area contributed by atoms with E-state index in [-0.39, 0.29) is 24.0 Å². The zero-order valence-corrected chi connectivity index (χ0v) is 19.5. The number of fused-ring (bicyclic) bond motifs is 1. The topological polar surface area (TPSA) is 75.8 Å². The second kappa shape index (κ2) is 11.6. The lowest BCUT2D eigenvalue weighted by Gasteiger charge is -2.12. The second-order valence-corrected chi connectivity index (χ2v) is 6.54. The monoisotopic (exact) mass is 508 g/mol. The summed E-state index contributed by atoms with van der Waals surface area (Å²) in [6.07, 6.45) is 3.61. The molecule has 0 aliphatic carbocycles. The Morgan fingerprint density at radius 1 is 1.14 bits per heavy atom. The van der Waals surface area contributed by atoms with Crippen molar-refractivity contribution in [3.05, 3.63) is 59.5 Å². The van der Waals surface area contributed by atoms with Crippen LogP contribution in [0.2, 0.25) is 0 Å². The van der Waals surface area contributed by atoms with E-state index in [0.29, 0.717) is 6.54 Å². The Labute approximate surface area is 189 Å². The van der Waals surface area contributed by atoms with E-state index in [0.717, 1.165) is 54.7 Å². The summed E-state index contributed by atoms with van der Waals surface area (Å²) in [6.45, 7) is 6.37. The van der Waals surface area contributed by atoms with Gasteiger partial charge < -0.3 is 15.4 Å². The molecule has 2 aromatic heterocycles. The Morgan fingerprint density at radius 3 is 2.79 bits per heavy atom. The molecule has 7 nitrogen and oxygen atoms in total. The first-order chi connectivity index (χ1) is 13.7. The largest absolute Gasteiger partial charge is 0.496 e. The SMILES string of the molecule is CCNC(=NCCc1nnc2ccccn12)NCCc1ccc(C)c(OC)c1.I. The number of nitrogens with one attached hydrogen (secondary N) is 2. The molecule has 8 heteroatoms. The molecule has 1 aromatic carbocycles. The highest BCUT2D eigenvalue weighted by Crippen LogP contribution is 2.18. The van der Waals surface area contributed by atoms with Crippen molar-refractivity contribution in [3.63, 3.8) is 0 Å². The summed E-state index contributed by atoms with van der Waals surface area (Å²) in [4.78, 5) is 4.66. The normalized spacial score (nSPS) is 11.2. The number of benzene rings is 1. The fourth-order valence-corrected chi connectivity index (χ4v) is 3.02. The molecule has 2 N–H and O–H groups in total. The molecule has 0 saturated heterocycles. The van der Waals surface area contributed by atoms with Gasteiger partial charge in [0.1, 0.15) is 11.6 Å². The fraction of sp³-hybridized carbons (Fsp3) is 0.381. The molecule has 29 heavy (non-hydrogen) atoms. The van der Waals surface area contributed by atoms with Gasteiger partial charge in [-0.3, -0.25) is 9.39 Å².